The van der Waals surface area contributed by atoms with Crippen LogP contribution in [0.3, 0.4) is 0 Å². The Hall–Kier alpha value is -0.980. The normalized spacial score (nSPS) is 11.5. The molecular weight excluding hydrogens is 374 g/mol. The summed E-state index contributed by atoms with van der Waals surface area (Å²) in [4.78, 5) is 13.9. The third-order valence-corrected chi connectivity index (χ3v) is 5.26. The second-order valence-corrected chi connectivity index (χ2v) is 7.42. The number of carbonyl (C=O) groups excluding carboxylic acids is 1. The van der Waals surface area contributed by atoms with Crippen LogP contribution in [0.2, 0.25) is 0 Å². The zero-order valence-corrected chi connectivity index (χ0v) is 15.1. The molecule has 4 nitrogen and oxygen atoms in total. The molecule has 0 bridgehead atoms. The highest BCUT2D eigenvalue weighted by Crippen LogP contribution is 2.31. The lowest BCUT2D eigenvalue weighted by atomic mass is 9.95. The summed E-state index contributed by atoms with van der Waals surface area (Å²) in [5.41, 5.74) is 0.346. The van der Waals surface area contributed by atoms with Crippen molar-refractivity contribution in [2.24, 2.45) is 5.41 Å². The molecule has 0 N–H and O–H groups in total. The number of hydrogen-bond donors (Lipinski definition) is 0. The van der Waals surface area contributed by atoms with Gasteiger partial charge >= 0.3 is 0 Å². The SMILES string of the molecule is CN(C(=O)C(C)(C)CCl)c1nnc(-c2ccc(Br)cc2)s1. The Balaban J connectivity index is 2.23. The van der Waals surface area contributed by atoms with E-state index in [0.717, 1.165) is 15.0 Å². The van der Waals surface area contributed by atoms with Crippen LogP contribution in [0.5, 0.6) is 0 Å². The van der Waals surface area contributed by atoms with Crippen LogP contribution in [0, 0.1) is 5.41 Å². The van der Waals surface area contributed by atoms with Gasteiger partial charge in [0.1, 0.15) is 5.01 Å². The van der Waals surface area contributed by atoms with Crippen LogP contribution >= 0.6 is 38.9 Å². The van der Waals surface area contributed by atoms with E-state index in [-0.39, 0.29) is 11.8 Å². The van der Waals surface area contributed by atoms with E-state index in [4.69, 9.17) is 11.6 Å². The zero-order chi connectivity index (χ0) is 15.6. The summed E-state index contributed by atoms with van der Waals surface area (Å²) in [5, 5.41) is 9.60. The minimum atomic E-state index is -0.625. The molecule has 0 aliphatic heterocycles. The molecule has 0 spiro atoms. The Morgan fingerprint density at radius 2 is 1.95 bits per heavy atom. The summed E-state index contributed by atoms with van der Waals surface area (Å²) in [5.74, 6) is 0.185. The first kappa shape index (κ1) is 16.4. The van der Waals surface area contributed by atoms with Crippen LogP contribution < -0.4 is 4.90 Å². The predicted octanol–water partition coefficient (Wildman–Crippen LogP) is 4.20. The topological polar surface area (TPSA) is 46.1 Å². The van der Waals surface area contributed by atoms with Crippen molar-refractivity contribution >= 4 is 49.9 Å². The van der Waals surface area contributed by atoms with Crippen LogP contribution in [-0.2, 0) is 4.79 Å². The van der Waals surface area contributed by atoms with Gasteiger partial charge in [-0.05, 0) is 26.0 Å². The molecule has 0 fully saturated rings. The molecular formula is C14H15BrClN3OS. The second kappa shape index (κ2) is 6.42. The fourth-order valence-electron chi connectivity index (χ4n) is 1.66. The predicted molar refractivity (Wildman–Crippen MR) is 91.0 cm³/mol. The number of carbonyl (C=O) groups is 1. The largest absolute Gasteiger partial charge is 0.289 e. The van der Waals surface area contributed by atoms with Crippen molar-refractivity contribution in [3.05, 3.63) is 28.7 Å². The molecule has 0 atom stereocenters. The van der Waals surface area contributed by atoms with E-state index < -0.39 is 5.41 Å². The molecule has 0 aliphatic rings. The van der Waals surface area contributed by atoms with Gasteiger partial charge in [-0.2, -0.15) is 0 Å². The Bertz CT molecular complexity index is 642. The van der Waals surface area contributed by atoms with Gasteiger partial charge in [0.05, 0.1) is 5.41 Å². The van der Waals surface area contributed by atoms with E-state index in [1.165, 1.54) is 16.2 Å². The number of rotatable bonds is 4. The van der Waals surface area contributed by atoms with Crippen LogP contribution in [0.25, 0.3) is 10.6 Å². The highest BCUT2D eigenvalue weighted by atomic mass is 79.9. The van der Waals surface area contributed by atoms with E-state index in [1.807, 2.05) is 38.1 Å². The summed E-state index contributed by atoms with van der Waals surface area (Å²) >= 11 is 10.6. The standard InChI is InChI=1S/C14H15BrClN3OS/c1-14(2,8-16)12(20)19(3)13-18-17-11(21-13)9-4-6-10(15)7-5-9/h4-7H,8H2,1-3H3. The van der Waals surface area contributed by atoms with Crippen molar-refractivity contribution in [2.75, 3.05) is 17.8 Å². The lowest BCUT2D eigenvalue weighted by Gasteiger charge is -2.25. The summed E-state index contributed by atoms with van der Waals surface area (Å²) in [7, 11) is 1.70. The molecule has 2 aromatic rings. The number of nitrogens with zero attached hydrogens (tertiary/aromatic N) is 3. The molecule has 112 valence electrons. The first-order valence-corrected chi connectivity index (χ1v) is 8.43. The Morgan fingerprint density at radius 3 is 2.52 bits per heavy atom. The molecule has 1 amide bonds. The molecule has 2 rings (SSSR count). The smallest absolute Gasteiger partial charge is 0.235 e. The minimum Gasteiger partial charge on any atom is -0.289 e. The molecule has 1 heterocycles. The first-order chi connectivity index (χ1) is 9.85. The van der Waals surface area contributed by atoms with Gasteiger partial charge in [-0.25, -0.2) is 0 Å². The van der Waals surface area contributed by atoms with Crippen LogP contribution in [-0.4, -0.2) is 29.0 Å². The van der Waals surface area contributed by atoms with Crippen molar-refractivity contribution in [1.82, 2.24) is 10.2 Å². The summed E-state index contributed by atoms with van der Waals surface area (Å²) in [6, 6.07) is 7.81. The van der Waals surface area contributed by atoms with Crippen molar-refractivity contribution in [1.29, 1.82) is 0 Å². The number of benzene rings is 1. The number of amides is 1. The molecule has 0 unspecified atom stereocenters. The van der Waals surface area contributed by atoms with Gasteiger partial charge in [-0.1, -0.05) is 39.4 Å². The van der Waals surface area contributed by atoms with Crippen molar-refractivity contribution in [2.45, 2.75) is 13.8 Å². The van der Waals surface area contributed by atoms with E-state index >= 15 is 0 Å². The molecule has 1 aromatic carbocycles. The quantitative estimate of drug-likeness (QED) is 0.738. The van der Waals surface area contributed by atoms with E-state index in [9.17, 15) is 4.79 Å². The van der Waals surface area contributed by atoms with Crippen molar-refractivity contribution in [3.63, 3.8) is 0 Å². The van der Waals surface area contributed by atoms with Gasteiger partial charge in [0, 0.05) is 23.0 Å². The Kier molecular flexibility index (Phi) is 5.01. The Morgan fingerprint density at radius 1 is 1.33 bits per heavy atom. The second-order valence-electron chi connectivity index (χ2n) is 5.28. The van der Waals surface area contributed by atoms with Gasteiger partial charge in [0.2, 0.25) is 11.0 Å². The Labute approximate surface area is 141 Å². The van der Waals surface area contributed by atoms with Crippen LogP contribution in [0.1, 0.15) is 13.8 Å². The highest BCUT2D eigenvalue weighted by Gasteiger charge is 2.31. The number of halogens is 2. The lowest BCUT2D eigenvalue weighted by Crippen LogP contribution is -2.39. The molecule has 21 heavy (non-hydrogen) atoms. The fraction of sp³-hybridized carbons (Fsp3) is 0.357. The fourth-order valence-corrected chi connectivity index (χ4v) is 2.85. The minimum absolute atomic E-state index is 0.0731. The number of alkyl halides is 1. The van der Waals surface area contributed by atoms with Crippen molar-refractivity contribution < 1.29 is 4.79 Å². The maximum Gasteiger partial charge on any atom is 0.235 e. The lowest BCUT2D eigenvalue weighted by molar-refractivity contribution is -0.125. The molecule has 1 aromatic heterocycles. The van der Waals surface area contributed by atoms with Gasteiger partial charge in [-0.15, -0.1) is 21.8 Å². The van der Waals surface area contributed by atoms with Gasteiger partial charge in [0.25, 0.3) is 0 Å². The first-order valence-electron chi connectivity index (χ1n) is 6.29. The van der Waals surface area contributed by atoms with Gasteiger partial charge in [-0.3, -0.25) is 9.69 Å². The number of anilines is 1. The summed E-state index contributed by atoms with van der Waals surface area (Å²) < 4.78 is 1.01. The average molecular weight is 389 g/mol. The third-order valence-electron chi connectivity index (χ3n) is 3.01. The summed E-state index contributed by atoms with van der Waals surface area (Å²) in [6.45, 7) is 3.63. The molecule has 0 saturated heterocycles. The van der Waals surface area contributed by atoms with E-state index in [1.54, 1.807) is 7.05 Å². The zero-order valence-electron chi connectivity index (χ0n) is 11.9. The number of aromatic nitrogens is 2. The molecule has 7 heteroatoms. The van der Waals surface area contributed by atoms with Gasteiger partial charge < -0.3 is 0 Å². The van der Waals surface area contributed by atoms with Crippen LogP contribution in [0.4, 0.5) is 5.13 Å². The summed E-state index contributed by atoms with van der Waals surface area (Å²) in [6.07, 6.45) is 0. The molecule has 0 saturated carbocycles. The molecule has 0 aliphatic carbocycles. The maximum absolute atomic E-state index is 12.4. The van der Waals surface area contributed by atoms with E-state index in [0.29, 0.717) is 5.13 Å². The maximum atomic E-state index is 12.4. The number of hydrogen-bond acceptors (Lipinski definition) is 4. The van der Waals surface area contributed by atoms with Crippen LogP contribution in [0.15, 0.2) is 28.7 Å². The highest BCUT2D eigenvalue weighted by molar-refractivity contribution is 9.10. The average Bonchev–Trinajstić information content (AvgIpc) is 2.96. The van der Waals surface area contributed by atoms with E-state index in [2.05, 4.69) is 26.1 Å². The monoisotopic (exact) mass is 387 g/mol. The van der Waals surface area contributed by atoms with Gasteiger partial charge in [0.15, 0.2) is 0 Å². The van der Waals surface area contributed by atoms with Crippen molar-refractivity contribution in [3.8, 4) is 10.6 Å². The molecule has 0 radical (unpaired) electrons. The third kappa shape index (κ3) is 3.62.